The van der Waals surface area contributed by atoms with Crippen LogP contribution in [0.25, 0.3) is 0 Å². The van der Waals surface area contributed by atoms with E-state index in [9.17, 15) is 19.4 Å². The summed E-state index contributed by atoms with van der Waals surface area (Å²) in [4.78, 5) is 12.1. The van der Waals surface area contributed by atoms with Crippen molar-refractivity contribution < 1.29 is 24.1 Å². The summed E-state index contributed by atoms with van der Waals surface area (Å²) in [5, 5.41) is 23.0. The lowest BCUT2D eigenvalue weighted by Crippen LogP contribution is -2.17. The van der Waals surface area contributed by atoms with Gasteiger partial charge in [0.25, 0.3) is 5.91 Å². The first kappa shape index (κ1) is 20.2. The molecule has 0 saturated carbocycles. The second-order valence-corrected chi connectivity index (χ2v) is 6.41. The van der Waals surface area contributed by atoms with Gasteiger partial charge in [-0.1, -0.05) is 29.8 Å². The Bertz CT molecular complexity index is 1050. The number of phenolic OH excluding ortho intramolecular Hbond substituents is 2. The molecule has 6 nitrogen and oxygen atoms in total. The van der Waals surface area contributed by atoms with Crippen molar-refractivity contribution in [3.8, 4) is 17.2 Å². The van der Waals surface area contributed by atoms with Crippen molar-refractivity contribution in [3.05, 3.63) is 88.2 Å². The van der Waals surface area contributed by atoms with Gasteiger partial charge < -0.3 is 14.9 Å². The van der Waals surface area contributed by atoms with Crippen LogP contribution in [-0.2, 0) is 6.61 Å². The molecule has 0 aliphatic heterocycles. The summed E-state index contributed by atoms with van der Waals surface area (Å²) in [5.74, 6) is -1.03. The molecule has 3 rings (SSSR count). The number of nitrogens with zero attached hydrogens (tertiary/aromatic N) is 1. The monoisotopic (exact) mass is 414 g/mol. The van der Waals surface area contributed by atoms with Gasteiger partial charge in [0.15, 0.2) is 0 Å². The van der Waals surface area contributed by atoms with Gasteiger partial charge in [-0.15, -0.1) is 0 Å². The van der Waals surface area contributed by atoms with E-state index < -0.39 is 11.7 Å². The van der Waals surface area contributed by atoms with Crippen LogP contribution in [0.15, 0.2) is 65.8 Å². The molecule has 0 radical (unpaired) electrons. The molecular weight excluding hydrogens is 399 g/mol. The van der Waals surface area contributed by atoms with E-state index in [1.165, 1.54) is 30.5 Å². The number of para-hydroxylation sites is 1. The van der Waals surface area contributed by atoms with Crippen molar-refractivity contribution in [2.24, 2.45) is 5.10 Å². The van der Waals surface area contributed by atoms with Gasteiger partial charge >= 0.3 is 0 Å². The molecule has 0 saturated heterocycles. The number of ether oxygens (including phenoxy) is 1. The molecule has 0 heterocycles. The first-order chi connectivity index (χ1) is 13.9. The van der Waals surface area contributed by atoms with Gasteiger partial charge in [0.1, 0.15) is 29.7 Å². The number of rotatable bonds is 6. The van der Waals surface area contributed by atoms with Gasteiger partial charge in [0.2, 0.25) is 0 Å². The molecule has 0 fully saturated rings. The maximum Gasteiger partial charge on any atom is 0.271 e. The highest BCUT2D eigenvalue weighted by Crippen LogP contribution is 2.22. The summed E-state index contributed by atoms with van der Waals surface area (Å²) in [6.07, 6.45) is 1.39. The number of phenols is 2. The van der Waals surface area contributed by atoms with E-state index >= 15 is 0 Å². The van der Waals surface area contributed by atoms with E-state index in [0.717, 1.165) is 6.07 Å². The number of hydrazone groups is 1. The number of benzene rings is 3. The van der Waals surface area contributed by atoms with Gasteiger partial charge in [0, 0.05) is 22.8 Å². The van der Waals surface area contributed by atoms with E-state index in [1.807, 2.05) is 0 Å². The lowest BCUT2D eigenvalue weighted by molar-refractivity contribution is 0.0954. The molecule has 0 aliphatic rings. The molecule has 0 aromatic heterocycles. The summed E-state index contributed by atoms with van der Waals surface area (Å²) in [6.45, 7) is 0.124. The second-order valence-electron chi connectivity index (χ2n) is 6.00. The predicted octanol–water partition coefficient (Wildman–Crippen LogP) is 4.23. The maximum atomic E-state index is 13.1. The van der Waals surface area contributed by atoms with E-state index in [1.54, 1.807) is 30.3 Å². The smallest absolute Gasteiger partial charge is 0.271 e. The number of carbonyl (C=O) groups is 1. The van der Waals surface area contributed by atoms with Crippen molar-refractivity contribution in [2.45, 2.75) is 6.61 Å². The van der Waals surface area contributed by atoms with Crippen LogP contribution in [0.1, 0.15) is 21.5 Å². The van der Waals surface area contributed by atoms with E-state index in [2.05, 4.69) is 10.5 Å². The van der Waals surface area contributed by atoms with Gasteiger partial charge in [-0.05, 0) is 36.4 Å². The van der Waals surface area contributed by atoms with Gasteiger partial charge in [-0.25, -0.2) is 9.82 Å². The van der Waals surface area contributed by atoms with Crippen LogP contribution in [0.3, 0.4) is 0 Å². The van der Waals surface area contributed by atoms with Crippen LogP contribution in [0.5, 0.6) is 17.2 Å². The molecule has 0 aliphatic carbocycles. The molecule has 0 unspecified atom stereocenters. The van der Waals surface area contributed by atoms with E-state index in [0.29, 0.717) is 16.9 Å². The summed E-state index contributed by atoms with van der Waals surface area (Å²) in [6, 6.07) is 14.6. The summed E-state index contributed by atoms with van der Waals surface area (Å²) >= 11 is 6.01. The van der Waals surface area contributed by atoms with Gasteiger partial charge in [0.05, 0.1) is 11.2 Å². The molecule has 3 aromatic rings. The first-order valence-corrected chi connectivity index (χ1v) is 8.82. The molecule has 1 amide bonds. The standard InChI is InChI=1S/C21H16ClFN2O4/c22-19-9-16(23)6-5-14(19)12-29-20-4-2-1-3-13(20)11-24-25-21(28)15-7-17(26)10-18(27)8-15/h1-11,26-27H,12H2,(H,25,28)/b24-11+. The number of carbonyl (C=O) groups excluding carboxylic acids is 1. The molecule has 0 atom stereocenters. The number of amides is 1. The zero-order chi connectivity index (χ0) is 20.8. The Morgan fingerprint density at radius 1 is 1.10 bits per heavy atom. The molecule has 0 bridgehead atoms. The Balaban J connectivity index is 1.67. The largest absolute Gasteiger partial charge is 0.508 e. The maximum absolute atomic E-state index is 13.1. The van der Waals surface area contributed by atoms with Crippen molar-refractivity contribution in [3.63, 3.8) is 0 Å². The fraction of sp³-hybridized carbons (Fsp3) is 0.0476. The van der Waals surface area contributed by atoms with Gasteiger partial charge in [-0.3, -0.25) is 4.79 Å². The molecule has 3 aromatic carbocycles. The van der Waals surface area contributed by atoms with Gasteiger partial charge in [-0.2, -0.15) is 5.10 Å². The zero-order valence-corrected chi connectivity index (χ0v) is 15.7. The van der Waals surface area contributed by atoms with Crippen LogP contribution < -0.4 is 10.2 Å². The number of aromatic hydroxyl groups is 2. The SMILES string of the molecule is O=C(N/N=C/c1ccccc1OCc1ccc(F)cc1Cl)c1cc(O)cc(O)c1. The van der Waals surface area contributed by atoms with E-state index in [4.69, 9.17) is 16.3 Å². The highest BCUT2D eigenvalue weighted by atomic mass is 35.5. The predicted molar refractivity (Wildman–Crippen MR) is 107 cm³/mol. The van der Waals surface area contributed by atoms with Crippen molar-refractivity contribution >= 4 is 23.7 Å². The molecule has 0 spiro atoms. The molecule has 8 heteroatoms. The fourth-order valence-corrected chi connectivity index (χ4v) is 2.69. The molecule has 3 N–H and O–H groups in total. The van der Waals surface area contributed by atoms with Crippen LogP contribution >= 0.6 is 11.6 Å². The minimum atomic E-state index is -0.607. The number of hydrogen-bond acceptors (Lipinski definition) is 5. The lowest BCUT2D eigenvalue weighted by atomic mass is 10.2. The number of nitrogens with one attached hydrogen (secondary N) is 1. The Hall–Kier alpha value is -3.58. The van der Waals surface area contributed by atoms with E-state index in [-0.39, 0.29) is 28.7 Å². The summed E-state index contributed by atoms with van der Waals surface area (Å²) < 4.78 is 18.9. The Labute approximate surface area is 170 Å². The molecular formula is C21H16ClFN2O4. The highest BCUT2D eigenvalue weighted by Gasteiger charge is 2.08. The third-order valence-electron chi connectivity index (χ3n) is 3.85. The third kappa shape index (κ3) is 5.46. The second kappa shape index (κ2) is 9.07. The Kier molecular flexibility index (Phi) is 6.31. The fourth-order valence-electron chi connectivity index (χ4n) is 2.46. The van der Waals surface area contributed by atoms with Crippen molar-refractivity contribution in [1.82, 2.24) is 5.43 Å². The van der Waals surface area contributed by atoms with Crippen LogP contribution in [0.4, 0.5) is 4.39 Å². The number of hydrogen-bond donors (Lipinski definition) is 3. The summed E-state index contributed by atoms with van der Waals surface area (Å²) in [5.41, 5.74) is 3.57. The average Bonchev–Trinajstić information content (AvgIpc) is 2.67. The van der Waals surface area contributed by atoms with Crippen LogP contribution in [0, 0.1) is 5.82 Å². The molecule has 148 valence electrons. The zero-order valence-electron chi connectivity index (χ0n) is 15.0. The van der Waals surface area contributed by atoms with Crippen molar-refractivity contribution in [1.29, 1.82) is 0 Å². The average molecular weight is 415 g/mol. The minimum absolute atomic E-state index is 0.0511. The Morgan fingerprint density at radius 3 is 2.55 bits per heavy atom. The number of halogens is 2. The molecule has 29 heavy (non-hydrogen) atoms. The lowest BCUT2D eigenvalue weighted by Gasteiger charge is -2.10. The highest BCUT2D eigenvalue weighted by molar-refractivity contribution is 6.31. The minimum Gasteiger partial charge on any atom is -0.508 e. The normalized spacial score (nSPS) is 10.8. The third-order valence-corrected chi connectivity index (χ3v) is 4.20. The van der Waals surface area contributed by atoms with Crippen LogP contribution in [0.2, 0.25) is 5.02 Å². The van der Waals surface area contributed by atoms with Crippen LogP contribution in [-0.4, -0.2) is 22.3 Å². The quantitative estimate of drug-likeness (QED) is 0.415. The Morgan fingerprint density at radius 2 is 1.83 bits per heavy atom. The summed E-state index contributed by atoms with van der Waals surface area (Å²) in [7, 11) is 0. The van der Waals surface area contributed by atoms with Crippen molar-refractivity contribution in [2.75, 3.05) is 0 Å². The first-order valence-electron chi connectivity index (χ1n) is 8.44. The topological polar surface area (TPSA) is 91.2 Å².